The molecule has 0 bridgehead atoms. The number of rotatable bonds is 2. The van der Waals surface area contributed by atoms with Gasteiger partial charge in [0.1, 0.15) is 0 Å². The zero-order valence-electron chi connectivity index (χ0n) is 7.52. The Hall–Kier alpha value is -1.29. The van der Waals surface area contributed by atoms with Crippen LogP contribution in [0.2, 0.25) is 0 Å². The smallest absolute Gasteiger partial charge is 0.0991 e. The Morgan fingerprint density at radius 3 is 2.67 bits per heavy atom. The van der Waals surface area contributed by atoms with Crippen molar-refractivity contribution in [3.8, 4) is 6.07 Å². The van der Waals surface area contributed by atoms with Gasteiger partial charge in [-0.1, -0.05) is 13.8 Å². The first-order valence-electron chi connectivity index (χ1n) is 4.25. The van der Waals surface area contributed by atoms with Crippen LogP contribution >= 0.6 is 0 Å². The van der Waals surface area contributed by atoms with Crippen molar-refractivity contribution in [2.45, 2.75) is 26.7 Å². The summed E-state index contributed by atoms with van der Waals surface area (Å²) in [6.45, 7) is 4.21. The van der Waals surface area contributed by atoms with E-state index in [2.05, 4.69) is 26.0 Å². The van der Waals surface area contributed by atoms with E-state index >= 15 is 0 Å². The minimum absolute atomic E-state index is 0.712. The minimum Gasteiger partial charge on any atom is -0.192 e. The Labute approximate surface area is 73.6 Å². The lowest BCUT2D eigenvalue weighted by Gasteiger charge is -2.03. The third-order valence-corrected chi connectivity index (χ3v) is 1.98. The molecule has 0 fully saturated rings. The molecule has 0 saturated carbocycles. The summed E-state index contributed by atoms with van der Waals surface area (Å²) >= 11 is 0. The topological polar surface area (TPSA) is 23.8 Å². The lowest BCUT2D eigenvalue weighted by Crippen LogP contribution is -1.91. The monoisotopic (exact) mass is 158 g/mol. The molecule has 1 radical (unpaired) electrons. The fourth-order valence-corrected chi connectivity index (χ4v) is 1.28. The lowest BCUT2D eigenvalue weighted by atomic mass is 10.0. The Balaban J connectivity index is 3.13. The molecule has 1 nitrogen and oxygen atoms in total. The molecule has 0 amide bonds. The average molecular weight is 158 g/mol. The predicted molar refractivity (Wildman–Crippen MR) is 48.7 cm³/mol. The average Bonchev–Trinajstić information content (AvgIpc) is 2.16. The second-order valence-electron chi connectivity index (χ2n) is 2.71. The molecule has 0 unspecified atom stereocenters. The Morgan fingerprint density at radius 1 is 1.42 bits per heavy atom. The summed E-state index contributed by atoms with van der Waals surface area (Å²) in [5.74, 6) is 0. The quantitative estimate of drug-likeness (QED) is 0.648. The highest BCUT2D eigenvalue weighted by Crippen LogP contribution is 2.12. The van der Waals surface area contributed by atoms with Gasteiger partial charge in [0, 0.05) is 0 Å². The van der Waals surface area contributed by atoms with Crippen LogP contribution in [0.25, 0.3) is 0 Å². The zero-order chi connectivity index (χ0) is 8.97. The highest BCUT2D eigenvalue weighted by Gasteiger charge is 1.99. The molecule has 1 aromatic carbocycles. The fourth-order valence-electron chi connectivity index (χ4n) is 1.28. The van der Waals surface area contributed by atoms with Gasteiger partial charge in [0.25, 0.3) is 0 Å². The van der Waals surface area contributed by atoms with Crippen molar-refractivity contribution in [1.29, 1.82) is 5.26 Å². The molecule has 0 N–H and O–H groups in total. The van der Waals surface area contributed by atoms with Gasteiger partial charge in [-0.05, 0) is 42.2 Å². The van der Waals surface area contributed by atoms with Gasteiger partial charge in [-0.15, -0.1) is 0 Å². The van der Waals surface area contributed by atoms with E-state index in [4.69, 9.17) is 5.26 Å². The number of benzene rings is 1. The van der Waals surface area contributed by atoms with Crippen LogP contribution in [0.3, 0.4) is 0 Å². The molecular weight excluding hydrogens is 146 g/mol. The van der Waals surface area contributed by atoms with E-state index in [9.17, 15) is 0 Å². The van der Waals surface area contributed by atoms with E-state index in [0.29, 0.717) is 5.56 Å². The van der Waals surface area contributed by atoms with E-state index in [0.717, 1.165) is 12.8 Å². The summed E-state index contributed by atoms with van der Waals surface area (Å²) in [6.07, 6.45) is 1.98. The standard InChI is InChI=1S/C11H12N/c1-3-10-6-5-9(8-12)7-11(10)4-2/h5,7H,3-4H2,1-2H3. The van der Waals surface area contributed by atoms with Gasteiger partial charge in [-0.2, -0.15) is 5.26 Å². The lowest BCUT2D eigenvalue weighted by molar-refractivity contribution is 1.03. The first-order chi connectivity index (χ1) is 5.81. The van der Waals surface area contributed by atoms with E-state index in [1.165, 1.54) is 11.1 Å². The number of hydrogen-bond acceptors (Lipinski definition) is 1. The molecule has 0 aliphatic heterocycles. The van der Waals surface area contributed by atoms with E-state index in [1.807, 2.05) is 6.07 Å². The molecule has 1 aromatic rings. The van der Waals surface area contributed by atoms with Crippen LogP contribution in [-0.2, 0) is 12.8 Å². The first-order valence-corrected chi connectivity index (χ1v) is 4.25. The van der Waals surface area contributed by atoms with Gasteiger partial charge in [0.2, 0.25) is 0 Å². The van der Waals surface area contributed by atoms with Gasteiger partial charge < -0.3 is 0 Å². The van der Waals surface area contributed by atoms with E-state index in [1.54, 1.807) is 6.07 Å². The minimum atomic E-state index is 0.712. The molecule has 1 heteroatoms. The summed E-state index contributed by atoms with van der Waals surface area (Å²) in [5, 5.41) is 8.65. The predicted octanol–water partition coefficient (Wildman–Crippen LogP) is 2.48. The van der Waals surface area contributed by atoms with Crippen LogP contribution in [0.4, 0.5) is 0 Å². The first kappa shape index (κ1) is 8.80. The van der Waals surface area contributed by atoms with Gasteiger partial charge in [-0.25, -0.2) is 0 Å². The van der Waals surface area contributed by atoms with Crippen LogP contribution in [0, 0.1) is 17.4 Å². The van der Waals surface area contributed by atoms with Gasteiger partial charge >= 0.3 is 0 Å². The Kier molecular flexibility index (Phi) is 2.88. The van der Waals surface area contributed by atoms with Crippen molar-refractivity contribution in [3.05, 3.63) is 34.9 Å². The van der Waals surface area contributed by atoms with Crippen LogP contribution < -0.4 is 0 Å². The van der Waals surface area contributed by atoms with Crippen molar-refractivity contribution >= 4 is 0 Å². The molecule has 12 heavy (non-hydrogen) atoms. The molecule has 0 aromatic heterocycles. The third kappa shape index (κ3) is 1.65. The maximum atomic E-state index is 8.65. The van der Waals surface area contributed by atoms with Crippen LogP contribution in [0.1, 0.15) is 30.5 Å². The molecule has 0 atom stereocenters. The summed E-state index contributed by atoms with van der Waals surface area (Å²) in [7, 11) is 0. The molecule has 0 saturated heterocycles. The van der Waals surface area contributed by atoms with Crippen molar-refractivity contribution in [2.24, 2.45) is 0 Å². The van der Waals surface area contributed by atoms with Crippen LogP contribution in [-0.4, -0.2) is 0 Å². The second-order valence-corrected chi connectivity index (χ2v) is 2.71. The van der Waals surface area contributed by atoms with Crippen molar-refractivity contribution in [3.63, 3.8) is 0 Å². The van der Waals surface area contributed by atoms with Crippen molar-refractivity contribution in [2.75, 3.05) is 0 Å². The molecule has 0 aliphatic carbocycles. The molecule has 0 aliphatic rings. The highest BCUT2D eigenvalue weighted by atomic mass is 14.2. The SMILES string of the molecule is CCc1[c]cc(C#N)cc1CC. The molecule has 1 rings (SSSR count). The van der Waals surface area contributed by atoms with Gasteiger partial charge in [0.15, 0.2) is 0 Å². The number of nitrogens with zero attached hydrogens (tertiary/aromatic N) is 1. The molecular formula is C11H12N. The second kappa shape index (κ2) is 3.92. The number of aryl methyl sites for hydroxylation is 2. The number of nitriles is 1. The van der Waals surface area contributed by atoms with Crippen molar-refractivity contribution in [1.82, 2.24) is 0 Å². The normalized spacial score (nSPS) is 9.42. The summed E-state index contributed by atoms with van der Waals surface area (Å²) in [5.41, 5.74) is 3.19. The fraction of sp³-hybridized carbons (Fsp3) is 0.364. The summed E-state index contributed by atoms with van der Waals surface area (Å²) in [6, 6.07) is 8.97. The Bertz CT molecular complexity index is 307. The maximum Gasteiger partial charge on any atom is 0.0991 e. The highest BCUT2D eigenvalue weighted by molar-refractivity contribution is 5.37. The number of hydrogen-bond donors (Lipinski definition) is 0. The summed E-state index contributed by atoms with van der Waals surface area (Å²) in [4.78, 5) is 0. The van der Waals surface area contributed by atoms with Crippen LogP contribution in [0.15, 0.2) is 12.1 Å². The third-order valence-electron chi connectivity index (χ3n) is 1.98. The Morgan fingerprint density at radius 2 is 2.17 bits per heavy atom. The van der Waals surface area contributed by atoms with Gasteiger partial charge in [-0.3, -0.25) is 0 Å². The molecule has 0 spiro atoms. The maximum absolute atomic E-state index is 8.65. The zero-order valence-corrected chi connectivity index (χ0v) is 7.52. The van der Waals surface area contributed by atoms with E-state index < -0.39 is 0 Å². The van der Waals surface area contributed by atoms with Crippen molar-refractivity contribution < 1.29 is 0 Å². The van der Waals surface area contributed by atoms with Crippen LogP contribution in [0.5, 0.6) is 0 Å². The molecule has 61 valence electrons. The molecule has 0 heterocycles. The summed E-state index contributed by atoms with van der Waals surface area (Å²) < 4.78 is 0. The van der Waals surface area contributed by atoms with E-state index in [-0.39, 0.29) is 0 Å². The van der Waals surface area contributed by atoms with Gasteiger partial charge in [0.05, 0.1) is 11.6 Å². The largest absolute Gasteiger partial charge is 0.192 e.